The van der Waals surface area contributed by atoms with Gasteiger partial charge in [0.1, 0.15) is 6.04 Å². The Morgan fingerprint density at radius 1 is 1.24 bits per heavy atom. The van der Waals surface area contributed by atoms with Crippen molar-refractivity contribution in [2.75, 3.05) is 15.9 Å². The summed E-state index contributed by atoms with van der Waals surface area (Å²) in [6.45, 7) is 1.76. The SMILES string of the molecule is CC[C@H](C(=O)Nc1cccc(Br)c1)N(c1cccc(Cl)c1)S(C)(=O)=O. The highest BCUT2D eigenvalue weighted by molar-refractivity contribution is 9.10. The minimum atomic E-state index is -3.69. The quantitative estimate of drug-likeness (QED) is 0.721. The molecule has 0 saturated heterocycles. The molecule has 0 saturated carbocycles. The Labute approximate surface area is 161 Å². The summed E-state index contributed by atoms with van der Waals surface area (Å²) in [4.78, 5) is 12.7. The Kier molecular flexibility index (Phi) is 6.48. The number of carbonyl (C=O) groups excluding carboxylic acids is 1. The van der Waals surface area contributed by atoms with E-state index in [0.29, 0.717) is 22.8 Å². The third kappa shape index (κ3) is 5.20. The van der Waals surface area contributed by atoms with Gasteiger partial charge in [-0.3, -0.25) is 9.10 Å². The average Bonchev–Trinajstić information content (AvgIpc) is 2.51. The summed E-state index contributed by atoms with van der Waals surface area (Å²) in [6.07, 6.45) is 1.38. The van der Waals surface area contributed by atoms with E-state index in [0.717, 1.165) is 15.0 Å². The van der Waals surface area contributed by atoms with Crippen LogP contribution in [0.2, 0.25) is 5.02 Å². The number of halogens is 2. The molecule has 0 aliphatic carbocycles. The predicted octanol–water partition coefficient (Wildman–Crippen LogP) is 4.29. The molecule has 1 N–H and O–H groups in total. The van der Waals surface area contributed by atoms with E-state index >= 15 is 0 Å². The molecule has 2 rings (SSSR count). The van der Waals surface area contributed by atoms with Gasteiger partial charge in [0.2, 0.25) is 15.9 Å². The Hall–Kier alpha value is -1.57. The third-order valence-corrected chi connectivity index (χ3v) is 5.39. The highest BCUT2D eigenvalue weighted by atomic mass is 79.9. The summed E-state index contributed by atoms with van der Waals surface area (Å²) in [5.74, 6) is -0.411. The van der Waals surface area contributed by atoms with E-state index in [2.05, 4.69) is 21.2 Å². The minimum Gasteiger partial charge on any atom is -0.324 e. The maximum absolute atomic E-state index is 12.7. The van der Waals surface area contributed by atoms with Gasteiger partial charge in [0.25, 0.3) is 0 Å². The van der Waals surface area contributed by atoms with E-state index in [-0.39, 0.29) is 0 Å². The van der Waals surface area contributed by atoms with Crippen LogP contribution in [0.25, 0.3) is 0 Å². The summed E-state index contributed by atoms with van der Waals surface area (Å²) in [6, 6.07) is 12.6. The van der Waals surface area contributed by atoms with E-state index in [9.17, 15) is 13.2 Å². The molecule has 0 aliphatic heterocycles. The van der Waals surface area contributed by atoms with Gasteiger partial charge >= 0.3 is 0 Å². The standard InChI is InChI=1S/C17H18BrClN2O3S/c1-3-16(17(22)20-14-8-4-6-12(18)10-14)21(25(2,23)24)15-9-5-7-13(19)11-15/h4-11,16H,3H2,1-2H3,(H,20,22)/t16-/m1/s1. The van der Waals surface area contributed by atoms with Crippen LogP contribution in [0.4, 0.5) is 11.4 Å². The molecule has 1 atom stereocenters. The Balaban J connectivity index is 2.38. The molecule has 5 nitrogen and oxygen atoms in total. The van der Waals surface area contributed by atoms with E-state index in [1.54, 1.807) is 43.3 Å². The van der Waals surface area contributed by atoms with Crippen molar-refractivity contribution >= 4 is 54.8 Å². The van der Waals surface area contributed by atoms with Crippen LogP contribution in [0.3, 0.4) is 0 Å². The molecular weight excluding hydrogens is 428 g/mol. The minimum absolute atomic E-state index is 0.305. The number of anilines is 2. The van der Waals surface area contributed by atoms with E-state index in [1.165, 1.54) is 6.07 Å². The number of rotatable bonds is 6. The van der Waals surface area contributed by atoms with Gasteiger partial charge in [-0.25, -0.2) is 8.42 Å². The number of benzene rings is 2. The second-order valence-corrected chi connectivity index (χ2v) is 8.67. The van der Waals surface area contributed by atoms with Gasteiger partial charge < -0.3 is 5.32 Å². The molecule has 0 aromatic heterocycles. The fraction of sp³-hybridized carbons (Fsp3) is 0.235. The van der Waals surface area contributed by atoms with Crippen LogP contribution in [-0.2, 0) is 14.8 Å². The maximum Gasteiger partial charge on any atom is 0.248 e. The molecule has 0 spiro atoms. The van der Waals surface area contributed by atoms with Crippen LogP contribution in [0, 0.1) is 0 Å². The first-order chi connectivity index (χ1) is 11.7. The van der Waals surface area contributed by atoms with Crippen molar-refractivity contribution < 1.29 is 13.2 Å². The number of amides is 1. The molecule has 8 heteroatoms. The van der Waals surface area contributed by atoms with Gasteiger partial charge in [0.15, 0.2) is 0 Å². The second-order valence-electron chi connectivity index (χ2n) is 5.46. The topological polar surface area (TPSA) is 66.5 Å². The average molecular weight is 446 g/mol. The first-order valence-corrected chi connectivity index (χ1v) is 10.6. The molecule has 1 amide bonds. The van der Waals surface area contributed by atoms with Gasteiger partial charge in [-0.15, -0.1) is 0 Å². The van der Waals surface area contributed by atoms with Gasteiger partial charge in [-0.1, -0.05) is 46.6 Å². The fourth-order valence-corrected chi connectivity index (χ4v) is 4.25. The maximum atomic E-state index is 12.7. The lowest BCUT2D eigenvalue weighted by molar-refractivity contribution is -0.117. The summed E-state index contributed by atoms with van der Waals surface area (Å²) < 4.78 is 26.6. The summed E-state index contributed by atoms with van der Waals surface area (Å²) in [7, 11) is -3.69. The van der Waals surface area contributed by atoms with Crippen molar-refractivity contribution in [3.05, 3.63) is 58.0 Å². The lowest BCUT2D eigenvalue weighted by atomic mass is 10.2. The van der Waals surface area contributed by atoms with Gasteiger partial charge in [-0.2, -0.15) is 0 Å². The van der Waals surface area contributed by atoms with Gasteiger partial charge in [0, 0.05) is 15.2 Å². The number of carbonyl (C=O) groups is 1. The molecular formula is C17H18BrClN2O3S. The lowest BCUT2D eigenvalue weighted by Crippen LogP contribution is -2.47. The number of sulfonamides is 1. The molecule has 0 bridgehead atoms. The van der Waals surface area contributed by atoms with Crippen molar-refractivity contribution in [2.45, 2.75) is 19.4 Å². The molecule has 0 heterocycles. The Morgan fingerprint density at radius 2 is 1.92 bits per heavy atom. The van der Waals surface area contributed by atoms with E-state index < -0.39 is 22.0 Å². The molecule has 0 aliphatic rings. The van der Waals surface area contributed by atoms with Crippen LogP contribution in [-0.4, -0.2) is 26.6 Å². The van der Waals surface area contributed by atoms with E-state index in [1.807, 2.05) is 6.07 Å². The smallest absolute Gasteiger partial charge is 0.248 e. The molecule has 0 unspecified atom stereocenters. The largest absolute Gasteiger partial charge is 0.324 e. The number of nitrogens with zero attached hydrogens (tertiary/aromatic N) is 1. The molecule has 134 valence electrons. The number of nitrogens with one attached hydrogen (secondary N) is 1. The van der Waals surface area contributed by atoms with Crippen LogP contribution in [0.15, 0.2) is 53.0 Å². The number of hydrogen-bond donors (Lipinski definition) is 1. The van der Waals surface area contributed by atoms with Crippen molar-refractivity contribution in [1.82, 2.24) is 0 Å². The van der Waals surface area contributed by atoms with E-state index in [4.69, 9.17) is 11.6 Å². The van der Waals surface area contributed by atoms with Crippen LogP contribution >= 0.6 is 27.5 Å². The first kappa shape index (κ1) is 19.8. The first-order valence-electron chi connectivity index (χ1n) is 7.53. The monoisotopic (exact) mass is 444 g/mol. The highest BCUT2D eigenvalue weighted by Gasteiger charge is 2.31. The van der Waals surface area contributed by atoms with Gasteiger partial charge in [-0.05, 0) is 42.8 Å². The van der Waals surface area contributed by atoms with Crippen molar-refractivity contribution in [3.8, 4) is 0 Å². The lowest BCUT2D eigenvalue weighted by Gasteiger charge is -2.30. The molecule has 25 heavy (non-hydrogen) atoms. The Morgan fingerprint density at radius 3 is 2.48 bits per heavy atom. The zero-order chi connectivity index (χ0) is 18.6. The van der Waals surface area contributed by atoms with Crippen LogP contribution in [0.5, 0.6) is 0 Å². The summed E-state index contributed by atoms with van der Waals surface area (Å²) in [5.41, 5.74) is 0.934. The molecule has 2 aromatic carbocycles. The second kappa shape index (κ2) is 8.21. The Bertz CT molecular complexity index is 874. The third-order valence-electron chi connectivity index (χ3n) is 3.48. The van der Waals surface area contributed by atoms with Crippen molar-refractivity contribution in [1.29, 1.82) is 0 Å². The number of hydrogen-bond acceptors (Lipinski definition) is 3. The van der Waals surface area contributed by atoms with Crippen molar-refractivity contribution in [2.24, 2.45) is 0 Å². The predicted molar refractivity (Wildman–Crippen MR) is 106 cm³/mol. The van der Waals surface area contributed by atoms with Crippen LogP contribution < -0.4 is 9.62 Å². The van der Waals surface area contributed by atoms with Crippen LogP contribution in [0.1, 0.15) is 13.3 Å². The molecule has 2 aromatic rings. The van der Waals surface area contributed by atoms with Gasteiger partial charge in [0.05, 0.1) is 11.9 Å². The normalized spacial score (nSPS) is 12.5. The zero-order valence-corrected chi connectivity index (χ0v) is 16.9. The van der Waals surface area contributed by atoms with Crippen molar-refractivity contribution in [3.63, 3.8) is 0 Å². The molecule has 0 fully saturated rings. The zero-order valence-electron chi connectivity index (χ0n) is 13.7. The molecule has 0 radical (unpaired) electrons. The summed E-state index contributed by atoms with van der Waals surface area (Å²) in [5, 5.41) is 3.16. The fourth-order valence-electron chi connectivity index (χ4n) is 2.47. The highest BCUT2D eigenvalue weighted by Crippen LogP contribution is 2.26. The summed E-state index contributed by atoms with van der Waals surface area (Å²) >= 11 is 9.33.